The van der Waals surface area contributed by atoms with E-state index in [0.29, 0.717) is 0 Å². The van der Waals surface area contributed by atoms with E-state index in [-0.39, 0.29) is 6.04 Å². The van der Waals surface area contributed by atoms with Crippen LogP contribution in [-0.2, 0) is 0 Å². The Morgan fingerprint density at radius 2 is 2.50 bits per heavy atom. The van der Waals surface area contributed by atoms with Gasteiger partial charge in [-0.05, 0) is 18.4 Å². The average molecular weight is 130 g/mol. The topological polar surface area (TPSA) is 49.8 Å². The maximum absolute atomic E-state index is 8.18. The smallest absolute Gasteiger partial charge is 0.0935 e. The molecule has 0 aromatic carbocycles. The molecule has 0 bridgehead atoms. The summed E-state index contributed by atoms with van der Waals surface area (Å²) in [7, 11) is 0. The fourth-order valence-electron chi connectivity index (χ4n) is 0.309. The lowest BCUT2D eigenvalue weighted by atomic mass is 10.3. The standard InChI is InChI=1S/C5H10N2S/c1-8-3-2-5(7)4-6/h5H,2-3,7H2,1H3. The van der Waals surface area contributed by atoms with Gasteiger partial charge >= 0.3 is 0 Å². The van der Waals surface area contributed by atoms with Crippen LogP contribution >= 0.6 is 11.8 Å². The van der Waals surface area contributed by atoms with Crippen molar-refractivity contribution in [2.24, 2.45) is 5.73 Å². The largest absolute Gasteiger partial charge is 0.316 e. The van der Waals surface area contributed by atoms with E-state index in [2.05, 4.69) is 0 Å². The molecular weight excluding hydrogens is 120 g/mol. The zero-order valence-corrected chi connectivity index (χ0v) is 5.74. The van der Waals surface area contributed by atoms with Crippen molar-refractivity contribution >= 4 is 11.8 Å². The van der Waals surface area contributed by atoms with E-state index in [1.54, 1.807) is 11.8 Å². The third kappa shape index (κ3) is 3.97. The molecule has 0 aromatic heterocycles. The minimum atomic E-state index is -0.262. The number of nitriles is 1. The van der Waals surface area contributed by atoms with Crippen molar-refractivity contribution in [3.8, 4) is 6.07 Å². The van der Waals surface area contributed by atoms with Gasteiger partial charge in [-0.25, -0.2) is 0 Å². The van der Waals surface area contributed by atoms with Crippen molar-refractivity contribution in [1.82, 2.24) is 0 Å². The van der Waals surface area contributed by atoms with Gasteiger partial charge in [0.1, 0.15) is 0 Å². The molecule has 0 amide bonds. The van der Waals surface area contributed by atoms with Gasteiger partial charge in [-0.3, -0.25) is 0 Å². The maximum Gasteiger partial charge on any atom is 0.0935 e. The molecule has 0 fully saturated rings. The van der Waals surface area contributed by atoms with Crippen LogP contribution in [0.1, 0.15) is 6.42 Å². The van der Waals surface area contributed by atoms with Crippen LogP contribution in [0.25, 0.3) is 0 Å². The van der Waals surface area contributed by atoms with Gasteiger partial charge in [0.05, 0.1) is 12.1 Å². The van der Waals surface area contributed by atoms with Gasteiger partial charge in [0, 0.05) is 0 Å². The molecule has 1 atom stereocenters. The number of hydrogen-bond donors (Lipinski definition) is 1. The van der Waals surface area contributed by atoms with Gasteiger partial charge in [-0.2, -0.15) is 17.0 Å². The Morgan fingerprint density at radius 1 is 1.88 bits per heavy atom. The van der Waals surface area contributed by atoms with E-state index in [1.165, 1.54) is 0 Å². The van der Waals surface area contributed by atoms with Crippen molar-refractivity contribution < 1.29 is 0 Å². The van der Waals surface area contributed by atoms with Gasteiger partial charge in [0.25, 0.3) is 0 Å². The van der Waals surface area contributed by atoms with Crippen molar-refractivity contribution in [2.75, 3.05) is 12.0 Å². The van der Waals surface area contributed by atoms with Crippen LogP contribution < -0.4 is 5.73 Å². The van der Waals surface area contributed by atoms with Gasteiger partial charge in [0.15, 0.2) is 0 Å². The Kier molecular flexibility index (Phi) is 4.82. The average Bonchev–Trinajstić information content (AvgIpc) is 1.83. The minimum Gasteiger partial charge on any atom is -0.316 e. The second kappa shape index (κ2) is 4.95. The fourth-order valence-corrected chi connectivity index (χ4v) is 0.799. The molecule has 0 aliphatic rings. The van der Waals surface area contributed by atoms with E-state index in [0.717, 1.165) is 12.2 Å². The lowest BCUT2D eigenvalue weighted by Crippen LogP contribution is -2.17. The predicted octanol–water partition coefficient (Wildman–Crippen LogP) is 0.590. The molecule has 0 aliphatic carbocycles. The Morgan fingerprint density at radius 3 is 2.88 bits per heavy atom. The highest BCUT2D eigenvalue weighted by Crippen LogP contribution is 1.96. The summed E-state index contributed by atoms with van der Waals surface area (Å²) in [6, 6.07) is 1.70. The number of nitrogens with zero attached hydrogens (tertiary/aromatic N) is 1. The molecule has 0 heterocycles. The lowest BCUT2D eigenvalue weighted by Gasteiger charge is -1.96. The number of hydrogen-bond acceptors (Lipinski definition) is 3. The number of rotatable bonds is 3. The molecule has 0 aliphatic heterocycles. The molecule has 2 N–H and O–H groups in total. The molecule has 46 valence electrons. The van der Waals surface area contributed by atoms with E-state index in [4.69, 9.17) is 11.0 Å². The van der Waals surface area contributed by atoms with Crippen molar-refractivity contribution in [3.05, 3.63) is 0 Å². The molecule has 2 nitrogen and oxygen atoms in total. The first-order valence-electron chi connectivity index (χ1n) is 2.45. The van der Waals surface area contributed by atoms with Crippen molar-refractivity contribution in [2.45, 2.75) is 12.5 Å². The Labute approximate surface area is 54.1 Å². The minimum absolute atomic E-state index is 0.262. The summed E-state index contributed by atoms with van der Waals surface area (Å²) in [5, 5.41) is 8.18. The summed E-state index contributed by atoms with van der Waals surface area (Å²) in [6.45, 7) is 0. The van der Waals surface area contributed by atoms with Crippen LogP contribution in [0.3, 0.4) is 0 Å². The Hall–Kier alpha value is -0.200. The molecule has 0 saturated carbocycles. The molecule has 0 spiro atoms. The highest BCUT2D eigenvalue weighted by atomic mass is 32.2. The second-order valence-corrected chi connectivity index (χ2v) is 2.50. The van der Waals surface area contributed by atoms with Crippen LogP contribution in [-0.4, -0.2) is 18.1 Å². The van der Waals surface area contributed by atoms with Crippen molar-refractivity contribution in [1.29, 1.82) is 5.26 Å². The van der Waals surface area contributed by atoms with E-state index in [1.807, 2.05) is 12.3 Å². The second-order valence-electron chi connectivity index (χ2n) is 1.52. The van der Waals surface area contributed by atoms with Gasteiger partial charge in [0.2, 0.25) is 0 Å². The number of thioether (sulfide) groups is 1. The Balaban J connectivity index is 3.02. The SMILES string of the molecule is CSCCC(N)C#N. The first kappa shape index (κ1) is 7.80. The summed E-state index contributed by atoms with van der Waals surface area (Å²) in [5.41, 5.74) is 5.28. The first-order valence-corrected chi connectivity index (χ1v) is 3.84. The molecular formula is C5H10N2S. The van der Waals surface area contributed by atoms with Crippen LogP contribution in [0.2, 0.25) is 0 Å². The van der Waals surface area contributed by atoms with Crippen LogP contribution in [0, 0.1) is 11.3 Å². The van der Waals surface area contributed by atoms with Gasteiger partial charge < -0.3 is 5.73 Å². The summed E-state index contributed by atoms with van der Waals surface area (Å²) >= 11 is 1.71. The third-order valence-electron chi connectivity index (χ3n) is 0.799. The van der Waals surface area contributed by atoms with E-state index >= 15 is 0 Å². The zero-order chi connectivity index (χ0) is 6.41. The molecule has 0 rings (SSSR count). The summed E-state index contributed by atoms with van der Waals surface area (Å²) in [4.78, 5) is 0. The van der Waals surface area contributed by atoms with Crippen LogP contribution in [0.15, 0.2) is 0 Å². The maximum atomic E-state index is 8.18. The molecule has 0 saturated heterocycles. The number of nitrogens with two attached hydrogens (primary N) is 1. The normalized spacial score (nSPS) is 12.6. The third-order valence-corrected chi connectivity index (χ3v) is 1.44. The summed E-state index contributed by atoms with van der Waals surface area (Å²) < 4.78 is 0. The van der Waals surface area contributed by atoms with Gasteiger partial charge in [-0.1, -0.05) is 0 Å². The quantitative estimate of drug-likeness (QED) is 0.608. The Bertz CT molecular complexity index is 86.9. The molecule has 3 heteroatoms. The highest BCUT2D eigenvalue weighted by molar-refractivity contribution is 7.98. The monoisotopic (exact) mass is 130 g/mol. The molecule has 0 radical (unpaired) electrons. The van der Waals surface area contributed by atoms with Crippen molar-refractivity contribution in [3.63, 3.8) is 0 Å². The fraction of sp³-hybridized carbons (Fsp3) is 0.800. The molecule has 0 aromatic rings. The molecule has 1 unspecified atom stereocenters. The highest BCUT2D eigenvalue weighted by Gasteiger charge is 1.95. The van der Waals surface area contributed by atoms with Crippen LogP contribution in [0.5, 0.6) is 0 Å². The summed E-state index contributed by atoms with van der Waals surface area (Å²) in [5.74, 6) is 0.981. The van der Waals surface area contributed by atoms with E-state index < -0.39 is 0 Å². The first-order chi connectivity index (χ1) is 3.81. The predicted molar refractivity (Wildman–Crippen MR) is 36.6 cm³/mol. The van der Waals surface area contributed by atoms with Gasteiger partial charge in [-0.15, -0.1) is 0 Å². The van der Waals surface area contributed by atoms with E-state index in [9.17, 15) is 0 Å². The lowest BCUT2D eigenvalue weighted by molar-refractivity contribution is 0.804. The molecule has 8 heavy (non-hydrogen) atoms. The van der Waals surface area contributed by atoms with Crippen LogP contribution in [0.4, 0.5) is 0 Å². The summed E-state index contributed by atoms with van der Waals surface area (Å²) in [6.07, 6.45) is 2.81. The zero-order valence-electron chi connectivity index (χ0n) is 4.92.